The Morgan fingerprint density at radius 3 is 3.29 bits per heavy atom. The van der Waals surface area contributed by atoms with Gasteiger partial charge in [0, 0.05) is 13.0 Å². The molecule has 2 heterocycles. The summed E-state index contributed by atoms with van der Waals surface area (Å²) in [6, 6.07) is -0.505. The Morgan fingerprint density at radius 2 is 2.57 bits per heavy atom. The van der Waals surface area contributed by atoms with E-state index in [0.717, 1.165) is 13.0 Å². The minimum Gasteiger partial charge on any atom is -0.477 e. The summed E-state index contributed by atoms with van der Waals surface area (Å²) >= 11 is 0. The third-order valence-corrected chi connectivity index (χ3v) is 2.22. The molecular weight excluding hydrogens is 182 g/mol. The van der Waals surface area contributed by atoms with E-state index in [0.29, 0.717) is 18.1 Å². The molecule has 1 aliphatic rings. The first kappa shape index (κ1) is 9.21. The van der Waals surface area contributed by atoms with Gasteiger partial charge in [-0.2, -0.15) is 5.10 Å². The zero-order valence-electron chi connectivity index (χ0n) is 8.06. The average molecular weight is 195 g/mol. The normalized spacial score (nSPS) is 17.0. The number of Topliss-reactive ketones (excluding diaryl/α,β-unsaturated/α-hetero) is 1. The lowest BCUT2D eigenvalue weighted by Crippen LogP contribution is -2.27. The number of aromatic nitrogens is 2. The molecule has 1 aromatic rings. The van der Waals surface area contributed by atoms with Crippen LogP contribution in [-0.2, 0) is 6.54 Å². The standard InChI is InChI=1S/C9H13N3O2/c1-6(10)8(13)7-5-11-12-3-2-4-14-9(7)12/h5-6H,2-4,10H2,1H3. The summed E-state index contributed by atoms with van der Waals surface area (Å²) in [5, 5.41) is 4.08. The van der Waals surface area contributed by atoms with Crippen molar-refractivity contribution >= 4 is 5.78 Å². The molecule has 0 bridgehead atoms. The molecule has 0 radical (unpaired) electrons. The molecule has 5 nitrogen and oxygen atoms in total. The van der Waals surface area contributed by atoms with Gasteiger partial charge in [-0.05, 0) is 6.92 Å². The smallest absolute Gasteiger partial charge is 0.222 e. The molecule has 2 N–H and O–H groups in total. The highest BCUT2D eigenvalue weighted by Gasteiger charge is 2.23. The first-order chi connectivity index (χ1) is 6.70. The zero-order valence-corrected chi connectivity index (χ0v) is 8.06. The van der Waals surface area contributed by atoms with Gasteiger partial charge in [0.05, 0.1) is 18.8 Å². The average Bonchev–Trinajstić information content (AvgIpc) is 2.60. The molecule has 1 atom stereocenters. The van der Waals surface area contributed by atoms with E-state index in [2.05, 4.69) is 5.10 Å². The second-order valence-corrected chi connectivity index (χ2v) is 3.44. The Bertz CT molecular complexity index is 357. The molecule has 0 amide bonds. The minimum atomic E-state index is -0.505. The van der Waals surface area contributed by atoms with Gasteiger partial charge in [-0.1, -0.05) is 0 Å². The van der Waals surface area contributed by atoms with Gasteiger partial charge in [-0.25, -0.2) is 4.68 Å². The van der Waals surface area contributed by atoms with Crippen molar-refractivity contribution in [3.05, 3.63) is 11.8 Å². The highest BCUT2D eigenvalue weighted by Crippen LogP contribution is 2.22. The van der Waals surface area contributed by atoms with Crippen LogP contribution in [0.15, 0.2) is 6.20 Å². The molecule has 1 unspecified atom stereocenters. The van der Waals surface area contributed by atoms with Crippen molar-refractivity contribution in [3.8, 4) is 5.88 Å². The van der Waals surface area contributed by atoms with Crippen molar-refractivity contribution in [2.24, 2.45) is 5.73 Å². The van der Waals surface area contributed by atoms with Gasteiger partial charge in [0.25, 0.3) is 0 Å². The lowest BCUT2D eigenvalue weighted by atomic mass is 10.1. The number of fused-ring (bicyclic) bond motifs is 1. The van der Waals surface area contributed by atoms with E-state index in [-0.39, 0.29) is 5.78 Å². The molecule has 0 aliphatic carbocycles. The van der Waals surface area contributed by atoms with Crippen LogP contribution in [0.5, 0.6) is 5.88 Å². The summed E-state index contributed by atoms with van der Waals surface area (Å²) in [6.07, 6.45) is 2.47. The molecule has 0 saturated carbocycles. The number of carbonyl (C=O) groups is 1. The Kier molecular flexibility index (Phi) is 2.25. The highest BCUT2D eigenvalue weighted by atomic mass is 16.5. The molecule has 0 saturated heterocycles. The lowest BCUT2D eigenvalue weighted by Gasteiger charge is -2.16. The summed E-state index contributed by atoms with van der Waals surface area (Å²) in [7, 11) is 0. The fraction of sp³-hybridized carbons (Fsp3) is 0.556. The number of aryl methyl sites for hydroxylation is 1. The van der Waals surface area contributed by atoms with Crippen molar-refractivity contribution < 1.29 is 9.53 Å². The van der Waals surface area contributed by atoms with Crippen LogP contribution in [0, 0.1) is 0 Å². The van der Waals surface area contributed by atoms with Gasteiger partial charge in [-0.15, -0.1) is 0 Å². The summed E-state index contributed by atoms with van der Waals surface area (Å²) in [5.74, 6) is 0.451. The topological polar surface area (TPSA) is 70.1 Å². The number of ketones is 1. The zero-order chi connectivity index (χ0) is 10.1. The molecule has 0 aromatic carbocycles. The maximum atomic E-state index is 11.6. The van der Waals surface area contributed by atoms with Crippen LogP contribution < -0.4 is 10.5 Å². The van der Waals surface area contributed by atoms with Crippen LogP contribution in [-0.4, -0.2) is 28.2 Å². The van der Waals surface area contributed by atoms with Crippen LogP contribution in [0.25, 0.3) is 0 Å². The quantitative estimate of drug-likeness (QED) is 0.684. The van der Waals surface area contributed by atoms with E-state index >= 15 is 0 Å². The molecule has 5 heteroatoms. The van der Waals surface area contributed by atoms with E-state index in [1.54, 1.807) is 11.6 Å². The molecular formula is C9H13N3O2. The SMILES string of the molecule is CC(N)C(=O)c1cnn2c1OCCC2. The third kappa shape index (κ3) is 1.39. The molecule has 76 valence electrons. The molecule has 0 fully saturated rings. The third-order valence-electron chi connectivity index (χ3n) is 2.22. The predicted octanol–water partition coefficient (Wildman–Crippen LogP) is 0.195. The summed E-state index contributed by atoms with van der Waals surface area (Å²) in [6.45, 7) is 3.11. The monoisotopic (exact) mass is 195 g/mol. The summed E-state index contributed by atoms with van der Waals surface area (Å²) < 4.78 is 7.10. The van der Waals surface area contributed by atoms with Crippen LogP contribution >= 0.6 is 0 Å². The first-order valence-corrected chi connectivity index (χ1v) is 4.68. The second-order valence-electron chi connectivity index (χ2n) is 3.44. The fourth-order valence-corrected chi connectivity index (χ4v) is 1.48. The Hall–Kier alpha value is -1.36. The van der Waals surface area contributed by atoms with Crippen molar-refractivity contribution in [1.29, 1.82) is 0 Å². The molecule has 0 spiro atoms. The van der Waals surface area contributed by atoms with E-state index in [1.807, 2.05) is 0 Å². The van der Waals surface area contributed by atoms with E-state index < -0.39 is 6.04 Å². The second kappa shape index (κ2) is 3.42. The molecule has 1 aromatic heterocycles. The van der Waals surface area contributed by atoms with Crippen LogP contribution in [0.4, 0.5) is 0 Å². The van der Waals surface area contributed by atoms with E-state index in [1.165, 1.54) is 6.20 Å². The van der Waals surface area contributed by atoms with Gasteiger partial charge in [0.15, 0.2) is 5.78 Å². The van der Waals surface area contributed by atoms with Crippen molar-refractivity contribution in [2.45, 2.75) is 25.9 Å². The maximum absolute atomic E-state index is 11.6. The number of rotatable bonds is 2. The summed E-state index contributed by atoms with van der Waals surface area (Å²) in [5.41, 5.74) is 6.02. The number of nitrogens with two attached hydrogens (primary N) is 1. The number of hydrogen-bond donors (Lipinski definition) is 1. The minimum absolute atomic E-state index is 0.117. The van der Waals surface area contributed by atoms with Gasteiger partial charge in [-0.3, -0.25) is 4.79 Å². The van der Waals surface area contributed by atoms with E-state index in [9.17, 15) is 4.79 Å². The number of nitrogens with zero attached hydrogens (tertiary/aromatic N) is 2. The van der Waals surface area contributed by atoms with Gasteiger partial charge in [0.1, 0.15) is 5.56 Å². The highest BCUT2D eigenvalue weighted by molar-refractivity contribution is 6.01. The summed E-state index contributed by atoms with van der Waals surface area (Å²) in [4.78, 5) is 11.6. The number of hydrogen-bond acceptors (Lipinski definition) is 4. The number of carbonyl (C=O) groups excluding carboxylic acids is 1. The predicted molar refractivity (Wildman–Crippen MR) is 50.3 cm³/mol. The Morgan fingerprint density at radius 1 is 1.79 bits per heavy atom. The Balaban J connectivity index is 2.35. The van der Waals surface area contributed by atoms with E-state index in [4.69, 9.17) is 10.5 Å². The Labute approximate surface area is 81.8 Å². The molecule has 1 aliphatic heterocycles. The van der Waals surface area contributed by atoms with Gasteiger partial charge < -0.3 is 10.5 Å². The molecule has 14 heavy (non-hydrogen) atoms. The van der Waals surface area contributed by atoms with Crippen molar-refractivity contribution in [2.75, 3.05) is 6.61 Å². The largest absolute Gasteiger partial charge is 0.477 e. The number of ether oxygens (including phenoxy) is 1. The molecule has 2 rings (SSSR count). The lowest BCUT2D eigenvalue weighted by molar-refractivity contribution is 0.0961. The first-order valence-electron chi connectivity index (χ1n) is 4.68. The maximum Gasteiger partial charge on any atom is 0.222 e. The van der Waals surface area contributed by atoms with Crippen LogP contribution in [0.1, 0.15) is 23.7 Å². The van der Waals surface area contributed by atoms with Crippen molar-refractivity contribution in [1.82, 2.24) is 9.78 Å². The van der Waals surface area contributed by atoms with Gasteiger partial charge >= 0.3 is 0 Å². The fourth-order valence-electron chi connectivity index (χ4n) is 1.48. The van der Waals surface area contributed by atoms with Crippen LogP contribution in [0.3, 0.4) is 0 Å². The van der Waals surface area contributed by atoms with Crippen LogP contribution in [0.2, 0.25) is 0 Å². The van der Waals surface area contributed by atoms with Crippen molar-refractivity contribution in [3.63, 3.8) is 0 Å². The van der Waals surface area contributed by atoms with Gasteiger partial charge in [0.2, 0.25) is 5.88 Å².